The first-order valence-electron chi connectivity index (χ1n) is 11.8. The number of rotatable bonds is 10. The van der Waals surface area contributed by atoms with Crippen molar-refractivity contribution < 1.29 is 17.9 Å². The minimum absolute atomic E-state index is 0.200. The quantitative estimate of drug-likeness (QED) is 0.435. The number of nitrogens with one attached hydrogen (secondary N) is 1. The Kier molecular flexibility index (Phi) is 7.77. The second-order valence-corrected chi connectivity index (χ2v) is 11.6. The molecule has 0 aromatic heterocycles. The number of hydrogen-bond donors (Lipinski definition) is 1. The number of fused-ring (bicyclic) bond motifs is 2. The number of ether oxygens (including phenoxy) is 1. The van der Waals surface area contributed by atoms with Crippen molar-refractivity contribution in [3.8, 4) is 0 Å². The molecule has 0 heterocycles. The lowest BCUT2D eigenvalue weighted by molar-refractivity contribution is -0.140. The van der Waals surface area contributed by atoms with Crippen LogP contribution in [0.2, 0.25) is 5.02 Å². The van der Waals surface area contributed by atoms with E-state index in [0.29, 0.717) is 17.4 Å². The molecule has 33 heavy (non-hydrogen) atoms. The molecule has 2 aliphatic rings. The Hall–Kier alpha value is -1.89. The molecule has 0 spiro atoms. The lowest BCUT2D eigenvalue weighted by Crippen LogP contribution is -2.31. The number of halogens is 1. The van der Waals surface area contributed by atoms with Crippen LogP contribution in [0.4, 0.5) is 0 Å². The van der Waals surface area contributed by atoms with Crippen LogP contribution in [0.3, 0.4) is 0 Å². The zero-order chi connectivity index (χ0) is 23.4. The van der Waals surface area contributed by atoms with Crippen LogP contribution in [0.15, 0.2) is 53.4 Å². The van der Waals surface area contributed by atoms with Gasteiger partial charge in [-0.05, 0) is 91.7 Å². The number of esters is 1. The third-order valence-corrected chi connectivity index (χ3v) is 9.04. The van der Waals surface area contributed by atoms with E-state index in [1.54, 1.807) is 24.3 Å². The fourth-order valence-corrected chi connectivity index (χ4v) is 6.91. The van der Waals surface area contributed by atoms with Crippen LogP contribution in [0, 0.1) is 17.8 Å². The zero-order valence-electron chi connectivity index (χ0n) is 19.0. The predicted octanol–water partition coefficient (Wildman–Crippen LogP) is 5.68. The number of sulfonamides is 1. The van der Waals surface area contributed by atoms with E-state index in [9.17, 15) is 13.2 Å². The van der Waals surface area contributed by atoms with Crippen molar-refractivity contribution in [2.24, 2.45) is 17.8 Å². The lowest BCUT2D eigenvalue weighted by Gasteiger charge is -2.28. The highest BCUT2D eigenvalue weighted by molar-refractivity contribution is 7.89. The molecule has 4 unspecified atom stereocenters. The minimum Gasteiger partial charge on any atom is -0.469 e. The summed E-state index contributed by atoms with van der Waals surface area (Å²) < 4.78 is 34.0. The SMILES string of the molecule is COC(=O)CCCc1ccc(C(CC2CC3CCC2C3)NS(=O)(=O)c2ccc(Cl)cc2)cc1. The van der Waals surface area contributed by atoms with Crippen LogP contribution in [0.5, 0.6) is 0 Å². The summed E-state index contributed by atoms with van der Waals surface area (Å²) in [5.41, 5.74) is 2.11. The van der Waals surface area contributed by atoms with E-state index < -0.39 is 10.0 Å². The molecule has 7 heteroatoms. The van der Waals surface area contributed by atoms with E-state index in [1.165, 1.54) is 32.8 Å². The van der Waals surface area contributed by atoms with Gasteiger partial charge >= 0.3 is 5.97 Å². The van der Waals surface area contributed by atoms with Gasteiger partial charge in [0.15, 0.2) is 0 Å². The molecule has 0 radical (unpaired) electrons. The third-order valence-electron chi connectivity index (χ3n) is 7.30. The summed E-state index contributed by atoms with van der Waals surface area (Å²) in [7, 11) is -2.27. The second-order valence-electron chi connectivity index (χ2n) is 9.47. The molecule has 2 bridgehead atoms. The molecule has 0 amide bonds. The first-order valence-corrected chi connectivity index (χ1v) is 13.6. The average molecular weight is 490 g/mol. The van der Waals surface area contributed by atoms with E-state index in [1.807, 2.05) is 24.3 Å². The number of methoxy groups -OCH3 is 1. The van der Waals surface area contributed by atoms with Gasteiger partial charge in [0.05, 0.1) is 12.0 Å². The molecule has 5 nitrogen and oxygen atoms in total. The summed E-state index contributed by atoms with van der Waals surface area (Å²) >= 11 is 5.95. The highest BCUT2D eigenvalue weighted by Crippen LogP contribution is 2.51. The van der Waals surface area contributed by atoms with Crippen molar-refractivity contribution in [3.05, 3.63) is 64.7 Å². The lowest BCUT2D eigenvalue weighted by atomic mass is 9.83. The van der Waals surface area contributed by atoms with Gasteiger partial charge in [0.1, 0.15) is 0 Å². The maximum absolute atomic E-state index is 13.2. The summed E-state index contributed by atoms with van der Waals surface area (Å²) in [6.45, 7) is 0. The Bertz CT molecular complexity index is 1050. The van der Waals surface area contributed by atoms with Crippen LogP contribution < -0.4 is 4.72 Å². The fourth-order valence-electron chi connectivity index (χ4n) is 5.54. The number of aryl methyl sites for hydroxylation is 1. The Labute approximate surface area is 201 Å². The largest absolute Gasteiger partial charge is 0.469 e. The number of hydrogen-bond acceptors (Lipinski definition) is 4. The summed E-state index contributed by atoms with van der Waals surface area (Å²) in [6, 6.07) is 14.1. The summed E-state index contributed by atoms with van der Waals surface area (Å²) in [5, 5.41) is 0.510. The average Bonchev–Trinajstić information content (AvgIpc) is 3.42. The molecule has 2 aliphatic carbocycles. The molecule has 0 aliphatic heterocycles. The second kappa shape index (κ2) is 10.6. The van der Waals surface area contributed by atoms with Gasteiger partial charge in [-0.25, -0.2) is 13.1 Å². The monoisotopic (exact) mass is 489 g/mol. The van der Waals surface area contributed by atoms with E-state index in [2.05, 4.69) is 4.72 Å². The Morgan fingerprint density at radius 2 is 1.82 bits per heavy atom. The van der Waals surface area contributed by atoms with Gasteiger partial charge in [-0.1, -0.05) is 42.3 Å². The fraction of sp³-hybridized carbons (Fsp3) is 0.500. The van der Waals surface area contributed by atoms with Crippen LogP contribution in [-0.4, -0.2) is 21.5 Å². The third kappa shape index (κ3) is 6.17. The van der Waals surface area contributed by atoms with Crippen LogP contribution in [-0.2, 0) is 26.0 Å². The van der Waals surface area contributed by atoms with Gasteiger partial charge in [-0.3, -0.25) is 4.79 Å². The minimum atomic E-state index is -3.68. The van der Waals surface area contributed by atoms with Gasteiger partial charge < -0.3 is 4.74 Å². The Morgan fingerprint density at radius 3 is 2.42 bits per heavy atom. The van der Waals surface area contributed by atoms with Crippen LogP contribution in [0.25, 0.3) is 0 Å². The molecule has 2 aromatic rings. The molecule has 0 saturated heterocycles. The molecule has 178 valence electrons. The molecule has 1 N–H and O–H groups in total. The van der Waals surface area contributed by atoms with E-state index in [0.717, 1.165) is 42.2 Å². The van der Waals surface area contributed by atoms with E-state index >= 15 is 0 Å². The van der Waals surface area contributed by atoms with Crippen molar-refractivity contribution >= 4 is 27.6 Å². The van der Waals surface area contributed by atoms with Crippen molar-refractivity contribution in [1.29, 1.82) is 0 Å². The first kappa shape index (κ1) is 24.2. The molecule has 4 rings (SSSR count). The van der Waals surface area contributed by atoms with Crippen molar-refractivity contribution in [3.63, 3.8) is 0 Å². The number of benzene rings is 2. The maximum Gasteiger partial charge on any atom is 0.305 e. The Balaban J connectivity index is 1.50. The van der Waals surface area contributed by atoms with E-state index in [4.69, 9.17) is 16.3 Å². The van der Waals surface area contributed by atoms with E-state index in [-0.39, 0.29) is 16.9 Å². The highest BCUT2D eigenvalue weighted by atomic mass is 35.5. The van der Waals surface area contributed by atoms with Gasteiger partial charge in [-0.2, -0.15) is 0 Å². The van der Waals surface area contributed by atoms with Crippen molar-refractivity contribution in [1.82, 2.24) is 4.72 Å². The van der Waals surface area contributed by atoms with Gasteiger partial charge in [0.2, 0.25) is 10.0 Å². The van der Waals surface area contributed by atoms with Crippen LogP contribution >= 0.6 is 11.6 Å². The summed E-state index contributed by atoms with van der Waals surface area (Å²) in [6.07, 6.45) is 7.80. The topological polar surface area (TPSA) is 72.5 Å². The maximum atomic E-state index is 13.2. The Morgan fingerprint density at radius 1 is 1.09 bits per heavy atom. The standard InChI is InChI=1S/C26H32ClNO4S/c1-32-26(29)4-2-3-18-5-8-20(9-6-18)25(17-22-16-19-7-10-21(22)15-19)28-33(30,31)24-13-11-23(27)12-14-24/h5-6,8-9,11-14,19,21-22,25,28H,2-4,7,10,15-17H2,1H3. The molecule has 2 saturated carbocycles. The van der Waals surface area contributed by atoms with Gasteiger partial charge in [0, 0.05) is 17.5 Å². The zero-order valence-corrected chi connectivity index (χ0v) is 20.6. The molecule has 2 fully saturated rings. The highest BCUT2D eigenvalue weighted by Gasteiger charge is 2.40. The number of carbonyl (C=O) groups is 1. The van der Waals surface area contributed by atoms with Gasteiger partial charge in [-0.15, -0.1) is 0 Å². The summed E-state index contributed by atoms with van der Waals surface area (Å²) in [5.74, 6) is 1.89. The molecular formula is C26H32ClNO4S. The van der Waals surface area contributed by atoms with Crippen molar-refractivity contribution in [2.45, 2.75) is 62.3 Å². The summed E-state index contributed by atoms with van der Waals surface area (Å²) in [4.78, 5) is 11.6. The predicted molar refractivity (Wildman–Crippen MR) is 129 cm³/mol. The molecular weight excluding hydrogens is 458 g/mol. The number of carbonyl (C=O) groups excluding carboxylic acids is 1. The molecule has 2 aromatic carbocycles. The first-order chi connectivity index (χ1) is 15.8. The smallest absolute Gasteiger partial charge is 0.305 e. The van der Waals surface area contributed by atoms with Crippen LogP contribution in [0.1, 0.15) is 62.1 Å². The normalized spacial score (nSPS) is 22.9. The van der Waals surface area contributed by atoms with Crippen molar-refractivity contribution in [2.75, 3.05) is 7.11 Å². The van der Waals surface area contributed by atoms with Gasteiger partial charge in [0.25, 0.3) is 0 Å². The molecule has 4 atom stereocenters.